The molecule has 0 saturated carbocycles. The van der Waals surface area contributed by atoms with Gasteiger partial charge in [0.1, 0.15) is 6.61 Å². The lowest BCUT2D eigenvalue weighted by Crippen LogP contribution is -2.42. The molecule has 1 heterocycles. The van der Waals surface area contributed by atoms with Crippen LogP contribution in [0.5, 0.6) is 0 Å². The first-order valence-electron chi connectivity index (χ1n) is 8.85. The number of amides is 2. The van der Waals surface area contributed by atoms with E-state index in [1.807, 2.05) is 57.2 Å². The van der Waals surface area contributed by atoms with Crippen LogP contribution in [-0.2, 0) is 20.9 Å². The van der Waals surface area contributed by atoms with Crippen LogP contribution in [0.25, 0.3) is 0 Å². The van der Waals surface area contributed by atoms with E-state index < -0.39 is 6.09 Å². The van der Waals surface area contributed by atoms with Gasteiger partial charge in [0.15, 0.2) is 0 Å². The number of carbonyl (C=O) groups is 2. The summed E-state index contributed by atoms with van der Waals surface area (Å²) in [5, 5.41) is 0. The van der Waals surface area contributed by atoms with Crippen LogP contribution >= 0.6 is 0 Å². The Labute approximate surface area is 149 Å². The van der Waals surface area contributed by atoms with E-state index in [2.05, 4.69) is 0 Å². The maximum Gasteiger partial charge on any atom is 0.417 e. The largest absolute Gasteiger partial charge is 0.447 e. The minimum absolute atomic E-state index is 0.169. The molecule has 0 N–H and O–H groups in total. The molecule has 1 aliphatic heterocycles. The van der Waals surface area contributed by atoms with Gasteiger partial charge in [-0.2, -0.15) is 0 Å². The zero-order chi connectivity index (χ0) is 18.2. The Morgan fingerprint density at radius 1 is 1.36 bits per heavy atom. The normalized spacial score (nSPS) is 17.9. The maximum atomic E-state index is 12.7. The molecule has 25 heavy (non-hydrogen) atoms. The van der Waals surface area contributed by atoms with Gasteiger partial charge >= 0.3 is 6.09 Å². The van der Waals surface area contributed by atoms with Gasteiger partial charge in [-0.3, -0.25) is 4.79 Å². The molecule has 0 aliphatic carbocycles. The molecule has 5 nitrogen and oxygen atoms in total. The third kappa shape index (κ3) is 5.16. The molecule has 0 spiro atoms. The van der Waals surface area contributed by atoms with Crippen molar-refractivity contribution in [1.82, 2.24) is 4.90 Å². The summed E-state index contributed by atoms with van der Waals surface area (Å²) < 4.78 is 10.7. The van der Waals surface area contributed by atoms with Crippen LogP contribution in [-0.4, -0.2) is 36.2 Å². The fourth-order valence-corrected chi connectivity index (χ4v) is 2.78. The highest BCUT2D eigenvalue weighted by Crippen LogP contribution is 2.22. The van der Waals surface area contributed by atoms with Crippen molar-refractivity contribution in [3.63, 3.8) is 0 Å². The number of rotatable bonds is 8. The van der Waals surface area contributed by atoms with Crippen molar-refractivity contribution in [1.29, 1.82) is 0 Å². The summed E-state index contributed by atoms with van der Waals surface area (Å²) in [6.07, 6.45) is 2.54. The van der Waals surface area contributed by atoms with Gasteiger partial charge in [0.25, 0.3) is 5.91 Å². The van der Waals surface area contributed by atoms with Crippen LogP contribution in [0.2, 0.25) is 0 Å². The molecular weight excluding hydrogens is 318 g/mol. The van der Waals surface area contributed by atoms with Crippen LogP contribution in [0.3, 0.4) is 0 Å². The lowest BCUT2D eigenvalue weighted by Gasteiger charge is -2.23. The Balaban J connectivity index is 1.88. The minimum atomic E-state index is -0.539. The Bertz CT molecular complexity index is 609. The fraction of sp³-hybridized carbons (Fsp3) is 0.500. The summed E-state index contributed by atoms with van der Waals surface area (Å²) >= 11 is 0. The summed E-state index contributed by atoms with van der Waals surface area (Å²) in [4.78, 5) is 25.9. The standard InChI is InChI=1S/C20H27NO4/c1-4-17(11-8-12-24-13-16-9-6-5-7-10-16)19(22)21-18(15(2)3)14-25-20(21)23/h5-7,9-11,15,18H,4,8,12-14H2,1-3H3/b17-11+/t18-/m1/s1. The lowest BCUT2D eigenvalue weighted by atomic mass is 10.0. The second-order valence-corrected chi connectivity index (χ2v) is 6.47. The minimum Gasteiger partial charge on any atom is -0.447 e. The van der Waals surface area contributed by atoms with Crippen molar-refractivity contribution in [2.24, 2.45) is 5.92 Å². The van der Waals surface area contributed by atoms with Crippen LogP contribution in [0.15, 0.2) is 42.0 Å². The number of nitrogens with zero attached hydrogens (tertiary/aromatic N) is 1. The molecule has 0 unspecified atom stereocenters. The third-order valence-corrected chi connectivity index (χ3v) is 4.31. The van der Waals surface area contributed by atoms with Gasteiger partial charge in [0, 0.05) is 5.57 Å². The summed E-state index contributed by atoms with van der Waals surface area (Å²) in [7, 11) is 0. The molecule has 0 aromatic heterocycles. The van der Waals surface area contributed by atoms with Crippen molar-refractivity contribution in [2.75, 3.05) is 13.2 Å². The molecule has 1 atom stereocenters. The molecular formula is C20H27NO4. The van der Waals surface area contributed by atoms with E-state index in [0.717, 1.165) is 5.56 Å². The average molecular weight is 345 g/mol. The zero-order valence-electron chi connectivity index (χ0n) is 15.2. The van der Waals surface area contributed by atoms with E-state index in [0.29, 0.717) is 31.6 Å². The molecule has 2 rings (SSSR count). The topological polar surface area (TPSA) is 55.8 Å². The Morgan fingerprint density at radius 3 is 2.72 bits per heavy atom. The molecule has 136 valence electrons. The van der Waals surface area contributed by atoms with E-state index in [9.17, 15) is 9.59 Å². The van der Waals surface area contributed by atoms with Crippen molar-refractivity contribution >= 4 is 12.0 Å². The first kappa shape index (κ1) is 19.2. The number of ether oxygens (including phenoxy) is 2. The number of benzene rings is 1. The molecule has 1 saturated heterocycles. The van der Waals surface area contributed by atoms with Gasteiger partial charge in [-0.15, -0.1) is 0 Å². The molecule has 1 fully saturated rings. The van der Waals surface area contributed by atoms with Crippen molar-refractivity contribution in [2.45, 2.75) is 46.3 Å². The highest BCUT2D eigenvalue weighted by atomic mass is 16.6. The second kappa shape index (κ2) is 9.37. The van der Waals surface area contributed by atoms with Gasteiger partial charge in [-0.05, 0) is 24.3 Å². The Kier molecular flexibility index (Phi) is 7.19. The number of hydrogen-bond acceptors (Lipinski definition) is 4. The van der Waals surface area contributed by atoms with E-state index in [4.69, 9.17) is 9.47 Å². The molecule has 1 aromatic rings. The first-order chi connectivity index (χ1) is 12.0. The maximum absolute atomic E-state index is 12.7. The first-order valence-corrected chi connectivity index (χ1v) is 8.85. The van der Waals surface area contributed by atoms with Crippen molar-refractivity contribution in [3.8, 4) is 0 Å². The third-order valence-electron chi connectivity index (χ3n) is 4.31. The van der Waals surface area contributed by atoms with E-state index in [1.165, 1.54) is 4.90 Å². The predicted molar refractivity (Wildman–Crippen MR) is 95.9 cm³/mol. The predicted octanol–water partition coefficient (Wildman–Crippen LogP) is 3.93. The molecule has 2 amide bonds. The Hall–Kier alpha value is -2.14. The number of imide groups is 1. The zero-order valence-corrected chi connectivity index (χ0v) is 15.2. The van der Waals surface area contributed by atoms with Crippen LogP contribution in [0.4, 0.5) is 4.79 Å². The molecule has 0 bridgehead atoms. The quantitative estimate of drug-likeness (QED) is 0.529. The van der Waals surface area contributed by atoms with E-state index in [1.54, 1.807) is 0 Å². The second-order valence-electron chi connectivity index (χ2n) is 6.47. The van der Waals surface area contributed by atoms with Crippen LogP contribution in [0.1, 0.15) is 39.2 Å². The summed E-state index contributed by atoms with van der Waals surface area (Å²) in [6, 6.07) is 9.77. The average Bonchev–Trinajstić information content (AvgIpc) is 3.00. The van der Waals surface area contributed by atoms with Crippen LogP contribution in [0, 0.1) is 5.92 Å². The summed E-state index contributed by atoms with van der Waals surface area (Å²) in [5.41, 5.74) is 1.76. The van der Waals surface area contributed by atoms with E-state index >= 15 is 0 Å². The van der Waals surface area contributed by atoms with Crippen molar-refractivity contribution < 1.29 is 19.1 Å². The van der Waals surface area contributed by atoms with Gasteiger partial charge < -0.3 is 9.47 Å². The molecule has 1 aliphatic rings. The lowest BCUT2D eigenvalue weighted by molar-refractivity contribution is -0.125. The molecule has 1 aromatic carbocycles. The molecule has 0 radical (unpaired) electrons. The van der Waals surface area contributed by atoms with Gasteiger partial charge in [0.05, 0.1) is 19.3 Å². The monoisotopic (exact) mass is 345 g/mol. The van der Waals surface area contributed by atoms with Gasteiger partial charge in [0.2, 0.25) is 0 Å². The van der Waals surface area contributed by atoms with E-state index in [-0.39, 0.29) is 24.5 Å². The highest BCUT2D eigenvalue weighted by molar-refractivity contribution is 6.03. The SMILES string of the molecule is CC/C(=C\CCOCc1ccccc1)C(=O)N1C(=O)OC[C@@H]1C(C)C. The van der Waals surface area contributed by atoms with Crippen molar-refractivity contribution in [3.05, 3.63) is 47.5 Å². The summed E-state index contributed by atoms with van der Waals surface area (Å²) in [6.45, 7) is 7.25. The highest BCUT2D eigenvalue weighted by Gasteiger charge is 2.40. The van der Waals surface area contributed by atoms with Gasteiger partial charge in [-0.25, -0.2) is 9.69 Å². The van der Waals surface area contributed by atoms with Crippen LogP contribution < -0.4 is 0 Å². The number of hydrogen-bond donors (Lipinski definition) is 0. The Morgan fingerprint density at radius 2 is 2.08 bits per heavy atom. The van der Waals surface area contributed by atoms with Gasteiger partial charge in [-0.1, -0.05) is 57.2 Å². The number of cyclic esters (lactones) is 1. The summed E-state index contributed by atoms with van der Waals surface area (Å²) in [5.74, 6) is -0.0746. The number of carbonyl (C=O) groups excluding carboxylic acids is 2. The smallest absolute Gasteiger partial charge is 0.417 e. The fourth-order valence-electron chi connectivity index (χ4n) is 2.78. The molecule has 5 heteroatoms.